The minimum absolute atomic E-state index is 0.00864. The number of nitrogens with one attached hydrogen (secondary N) is 1. The van der Waals surface area contributed by atoms with Gasteiger partial charge in [0.1, 0.15) is 17.5 Å². The summed E-state index contributed by atoms with van der Waals surface area (Å²) >= 11 is 0. The summed E-state index contributed by atoms with van der Waals surface area (Å²) < 4.78 is 53.4. The van der Waals surface area contributed by atoms with Gasteiger partial charge in [0.05, 0.1) is 42.1 Å². The van der Waals surface area contributed by atoms with Gasteiger partial charge in [-0.2, -0.15) is 0 Å². The number of nitrogens with zero attached hydrogens (tertiary/aromatic N) is 3. The summed E-state index contributed by atoms with van der Waals surface area (Å²) in [5.41, 5.74) is -1.36. The average Bonchev–Trinajstić information content (AvgIpc) is 4.00. The van der Waals surface area contributed by atoms with E-state index < -0.39 is 104 Å². The lowest BCUT2D eigenvalue weighted by Crippen LogP contribution is -2.49. The molecule has 1 N–H and O–H groups in total. The third kappa shape index (κ3) is 9.51. The van der Waals surface area contributed by atoms with Crippen LogP contribution in [0.4, 0.5) is 9.18 Å². The monoisotopic (exact) mass is 784 g/mol. The van der Waals surface area contributed by atoms with Gasteiger partial charge in [-0.1, -0.05) is 30.9 Å². The van der Waals surface area contributed by atoms with Crippen molar-refractivity contribution in [2.45, 2.75) is 95.4 Å². The molecule has 0 bridgehead atoms. The zero-order valence-electron chi connectivity index (χ0n) is 31.5. The smallest absolute Gasteiger partial charge is 0.410 e. The molecule has 2 aliphatic carbocycles. The number of likely N-dealkylation sites (tertiary alicyclic amines) is 1. The summed E-state index contributed by atoms with van der Waals surface area (Å²) in [6.45, 7) is 15.4. The number of carbonyl (C=O) groups is 6. The van der Waals surface area contributed by atoms with Gasteiger partial charge < -0.3 is 19.3 Å². The van der Waals surface area contributed by atoms with Crippen LogP contribution < -0.4 is 4.72 Å². The van der Waals surface area contributed by atoms with Crippen molar-refractivity contribution in [1.29, 1.82) is 0 Å². The average molecular weight is 785 g/mol. The summed E-state index contributed by atoms with van der Waals surface area (Å²) in [5.74, 6) is -5.62. The van der Waals surface area contributed by atoms with Crippen LogP contribution in [0.15, 0.2) is 56.2 Å². The van der Waals surface area contributed by atoms with Crippen molar-refractivity contribution in [2.24, 2.45) is 17.3 Å². The molecule has 1 aromatic rings. The van der Waals surface area contributed by atoms with Gasteiger partial charge in [0, 0.05) is 38.0 Å². The van der Waals surface area contributed by atoms with Crippen molar-refractivity contribution in [1.82, 2.24) is 19.4 Å². The van der Waals surface area contributed by atoms with E-state index in [0.717, 1.165) is 6.08 Å². The van der Waals surface area contributed by atoms with Crippen LogP contribution in [0.1, 0.15) is 70.4 Å². The van der Waals surface area contributed by atoms with E-state index in [2.05, 4.69) is 24.5 Å². The van der Waals surface area contributed by atoms with E-state index in [4.69, 9.17) is 9.47 Å². The fourth-order valence-electron chi connectivity index (χ4n) is 7.32. The third-order valence-electron chi connectivity index (χ3n) is 10.4. The molecule has 298 valence electrons. The maximum atomic E-state index is 14.6. The Balaban J connectivity index is 1.42. The van der Waals surface area contributed by atoms with Gasteiger partial charge in [-0.25, -0.2) is 17.6 Å². The maximum absolute atomic E-state index is 14.6. The highest BCUT2D eigenvalue weighted by Gasteiger charge is 2.61. The minimum atomic E-state index is -3.94. The van der Waals surface area contributed by atoms with E-state index in [0.29, 0.717) is 24.0 Å². The fraction of sp³-hybridized carbons (Fsp3) is 0.538. The van der Waals surface area contributed by atoms with Gasteiger partial charge in [0.2, 0.25) is 27.7 Å². The molecule has 4 aliphatic rings. The van der Waals surface area contributed by atoms with Crippen LogP contribution in [-0.4, -0.2) is 101 Å². The number of ether oxygens (including phenoxy) is 2. The molecule has 5 atom stereocenters. The molecule has 55 heavy (non-hydrogen) atoms. The first-order valence-electron chi connectivity index (χ1n) is 18.3. The Morgan fingerprint density at radius 3 is 2.40 bits per heavy atom. The Hall–Kier alpha value is -4.86. The molecule has 4 amide bonds. The Morgan fingerprint density at radius 2 is 1.82 bits per heavy atom. The topological polar surface area (TPSA) is 177 Å². The van der Waals surface area contributed by atoms with Crippen LogP contribution in [-0.2, 0) is 56.6 Å². The molecular weight excluding hydrogens is 736 g/mol. The highest BCUT2D eigenvalue weighted by Crippen LogP contribution is 2.57. The molecule has 1 saturated heterocycles. The van der Waals surface area contributed by atoms with Crippen molar-refractivity contribution in [3.63, 3.8) is 0 Å². The number of Topliss-reactive ketones (excluding diaryl/α,β-unsaturated/α-hetero) is 1. The molecule has 1 aromatic carbocycles. The predicted octanol–water partition coefficient (Wildman–Crippen LogP) is 3.56. The van der Waals surface area contributed by atoms with Crippen molar-refractivity contribution in [3.8, 4) is 0 Å². The summed E-state index contributed by atoms with van der Waals surface area (Å²) in [6, 6.07) is 3.27. The van der Waals surface area contributed by atoms with Gasteiger partial charge in [0.15, 0.2) is 5.78 Å². The van der Waals surface area contributed by atoms with Crippen molar-refractivity contribution < 1.29 is 51.0 Å². The quantitative estimate of drug-likeness (QED) is 0.148. The molecule has 0 radical (unpaired) electrons. The van der Waals surface area contributed by atoms with Gasteiger partial charge in [-0.05, 0) is 63.7 Å². The van der Waals surface area contributed by atoms with Crippen molar-refractivity contribution in [3.05, 3.63) is 73.1 Å². The number of rotatable bonds is 16. The Labute approximate surface area is 320 Å². The lowest BCUT2D eigenvalue weighted by atomic mass is 9.91. The second-order valence-corrected chi connectivity index (χ2v) is 17.7. The number of halogens is 1. The van der Waals surface area contributed by atoms with Crippen LogP contribution in [0.2, 0.25) is 0 Å². The zero-order chi connectivity index (χ0) is 40.5. The number of benzene rings is 1. The molecule has 2 heterocycles. The maximum Gasteiger partial charge on any atom is 0.410 e. The largest absolute Gasteiger partial charge is 0.460 e. The van der Waals surface area contributed by atoms with Gasteiger partial charge in [-0.3, -0.25) is 33.6 Å². The van der Waals surface area contributed by atoms with Crippen LogP contribution in [0, 0.1) is 23.1 Å². The third-order valence-corrected chi connectivity index (χ3v) is 12.2. The van der Waals surface area contributed by atoms with Gasteiger partial charge in [-0.15, -0.1) is 13.2 Å². The van der Waals surface area contributed by atoms with Crippen LogP contribution in [0.25, 0.3) is 0 Å². The molecule has 0 spiro atoms. The number of amides is 4. The van der Waals surface area contributed by atoms with E-state index in [1.165, 1.54) is 39.0 Å². The zero-order valence-corrected chi connectivity index (χ0v) is 32.3. The van der Waals surface area contributed by atoms with Crippen molar-refractivity contribution >= 4 is 45.6 Å². The number of carbonyl (C=O) groups excluding carboxylic acids is 6. The Morgan fingerprint density at radius 1 is 1.11 bits per heavy atom. The first kappa shape index (κ1) is 41.3. The normalized spacial score (nSPS) is 23.5. The van der Waals surface area contributed by atoms with Crippen molar-refractivity contribution in [2.75, 3.05) is 19.6 Å². The fourth-order valence-corrected chi connectivity index (χ4v) is 8.71. The number of hydrogen-bond donors (Lipinski definition) is 1. The molecule has 1 unspecified atom stereocenters. The lowest BCUT2D eigenvalue weighted by Gasteiger charge is -2.31. The SMILES string of the molecule is C=CCN(C[C@H](CC(=O)OC(C)(C)C)C(=O)N1CC(OC(=O)N2Cc3cccc(F)c3C2)C[C@H]1C(=O)C[C@]1(C(=O)NS(=O)(=O)C2CC2)C[C@H]1C=C)C(=O)C=C. The predicted molar refractivity (Wildman–Crippen MR) is 197 cm³/mol. The number of hydrogen-bond acceptors (Lipinski definition) is 10. The molecule has 5 rings (SSSR count). The van der Waals surface area contributed by atoms with Crippen LogP contribution >= 0.6 is 0 Å². The highest BCUT2D eigenvalue weighted by atomic mass is 32.2. The summed E-state index contributed by atoms with van der Waals surface area (Å²) in [5, 5.41) is -0.682. The molecule has 0 aromatic heterocycles. The number of ketones is 1. The van der Waals surface area contributed by atoms with Gasteiger partial charge >= 0.3 is 12.1 Å². The first-order valence-corrected chi connectivity index (χ1v) is 19.8. The standard InChI is InChI=1S/C39H49FN4O10S/c1-7-15-42(33(46)9-3)21-25(16-34(47)54-38(4,5)6)35(48)44-22-27(53-37(50)43-20-24-11-10-12-30(40)29(24)23-43)17-31(44)32(45)19-39(18-26(39)8-2)36(49)41-55(51,52)28-13-14-28/h7-12,25-28,31H,1-3,13-23H2,4-6H3,(H,41,49)/t25-,26+,27?,31-,39+/m0/s1. The minimum Gasteiger partial charge on any atom is -0.460 e. The number of sulfonamides is 1. The molecule has 3 fully saturated rings. The first-order chi connectivity index (χ1) is 25.8. The number of allylic oxidation sites excluding steroid dienone is 1. The van der Waals surface area contributed by atoms with Crippen LogP contribution in [0.5, 0.6) is 0 Å². The molecule has 2 aliphatic heterocycles. The summed E-state index contributed by atoms with van der Waals surface area (Å²) in [7, 11) is -3.94. The van der Waals surface area contributed by atoms with E-state index in [-0.39, 0.29) is 45.6 Å². The molecule has 14 nitrogen and oxygen atoms in total. The number of fused-ring (bicyclic) bond motifs is 1. The Bertz CT molecular complexity index is 1890. The number of esters is 1. The molecule has 16 heteroatoms. The van der Waals surface area contributed by atoms with E-state index >= 15 is 0 Å². The molecule has 2 saturated carbocycles. The van der Waals surface area contributed by atoms with Gasteiger partial charge in [0.25, 0.3) is 0 Å². The van der Waals surface area contributed by atoms with E-state index in [1.807, 2.05) is 0 Å². The Kier molecular flexibility index (Phi) is 12.1. The van der Waals surface area contributed by atoms with E-state index in [9.17, 15) is 41.6 Å². The second-order valence-electron chi connectivity index (χ2n) is 15.7. The molecular formula is C39H49FN4O10S. The van der Waals surface area contributed by atoms with Crippen LogP contribution in [0.3, 0.4) is 0 Å². The van der Waals surface area contributed by atoms with E-state index in [1.54, 1.807) is 26.8 Å². The summed E-state index contributed by atoms with van der Waals surface area (Å²) in [6.07, 6.45) is 2.05. The highest BCUT2D eigenvalue weighted by molar-refractivity contribution is 7.90. The second kappa shape index (κ2) is 16.1. The summed E-state index contributed by atoms with van der Waals surface area (Å²) in [4.78, 5) is 85.6. The lowest BCUT2D eigenvalue weighted by molar-refractivity contribution is -0.159.